The van der Waals surface area contributed by atoms with Crippen LogP contribution in [0.1, 0.15) is 99.9 Å². The second-order valence-electron chi connectivity index (χ2n) is 14.4. The summed E-state index contributed by atoms with van der Waals surface area (Å²) < 4.78 is 0. The first kappa shape index (κ1) is 33.4. The van der Waals surface area contributed by atoms with E-state index in [0.29, 0.717) is 22.9 Å². The Hall–Kier alpha value is -4.74. The van der Waals surface area contributed by atoms with Crippen LogP contribution < -0.4 is 15.5 Å². The SMILES string of the molecule is CCc1cc2c(cc1N1CCC(NCCSc3cccc4c3C(=O)N(C3CCC(=O)NC3=O)C4=O)CC1)C(C)(C)c1[nH]c3ccccc3c1C2=O. The van der Waals surface area contributed by atoms with Crippen molar-refractivity contribution in [3.8, 4) is 0 Å². The van der Waals surface area contributed by atoms with Crippen LogP contribution in [0, 0.1) is 0 Å². The van der Waals surface area contributed by atoms with Crippen molar-refractivity contribution < 1.29 is 24.0 Å². The number of ketones is 1. The van der Waals surface area contributed by atoms with Crippen LogP contribution in [0.25, 0.3) is 10.9 Å². The summed E-state index contributed by atoms with van der Waals surface area (Å²) in [6.07, 6.45) is 3.03. The molecule has 3 N–H and O–H groups in total. The Labute approximate surface area is 300 Å². The highest BCUT2D eigenvalue weighted by molar-refractivity contribution is 7.99. The van der Waals surface area contributed by atoms with Crippen molar-refractivity contribution in [1.82, 2.24) is 20.5 Å². The molecule has 8 rings (SSSR count). The summed E-state index contributed by atoms with van der Waals surface area (Å²) in [7, 11) is 0. The van der Waals surface area contributed by atoms with E-state index in [1.54, 1.807) is 12.1 Å². The van der Waals surface area contributed by atoms with E-state index >= 15 is 0 Å². The molecule has 10 nitrogen and oxygen atoms in total. The first-order valence-electron chi connectivity index (χ1n) is 17.9. The highest BCUT2D eigenvalue weighted by Crippen LogP contribution is 2.46. The number of hydrogen-bond acceptors (Lipinski definition) is 8. The highest BCUT2D eigenvalue weighted by Gasteiger charge is 2.46. The maximum absolute atomic E-state index is 14.0. The molecule has 1 atom stereocenters. The van der Waals surface area contributed by atoms with Crippen LogP contribution in [0.15, 0.2) is 59.5 Å². The van der Waals surface area contributed by atoms with Crippen LogP contribution >= 0.6 is 11.8 Å². The molecule has 0 saturated carbocycles. The van der Waals surface area contributed by atoms with Crippen molar-refractivity contribution in [2.45, 2.75) is 75.3 Å². The molecule has 3 aromatic carbocycles. The van der Waals surface area contributed by atoms with Crippen molar-refractivity contribution in [2.75, 3.05) is 30.3 Å². The van der Waals surface area contributed by atoms with E-state index in [2.05, 4.69) is 53.4 Å². The van der Waals surface area contributed by atoms with Gasteiger partial charge in [0.2, 0.25) is 11.8 Å². The lowest BCUT2D eigenvalue weighted by atomic mass is 9.70. The number of nitrogens with one attached hydrogen (secondary N) is 3. The summed E-state index contributed by atoms with van der Waals surface area (Å²) in [6.45, 7) is 9.12. The molecule has 3 aliphatic heterocycles. The third kappa shape index (κ3) is 5.49. The molecule has 262 valence electrons. The van der Waals surface area contributed by atoms with Gasteiger partial charge < -0.3 is 15.2 Å². The third-order valence-electron chi connectivity index (χ3n) is 11.1. The van der Waals surface area contributed by atoms with E-state index in [0.717, 1.165) is 82.0 Å². The fourth-order valence-electron chi connectivity index (χ4n) is 8.38. The average Bonchev–Trinajstić information content (AvgIpc) is 3.65. The number of carbonyl (C=O) groups is 5. The molecule has 51 heavy (non-hydrogen) atoms. The van der Waals surface area contributed by atoms with Gasteiger partial charge in [-0.25, -0.2) is 0 Å². The molecule has 11 heteroatoms. The van der Waals surface area contributed by atoms with Crippen LogP contribution in [0.4, 0.5) is 5.69 Å². The lowest BCUT2D eigenvalue weighted by Gasteiger charge is -2.38. The average molecular weight is 704 g/mol. The second-order valence-corrected chi connectivity index (χ2v) is 15.6. The first-order chi connectivity index (χ1) is 24.6. The van der Waals surface area contributed by atoms with Crippen LogP contribution in [0.5, 0.6) is 0 Å². The zero-order valence-electron chi connectivity index (χ0n) is 29.1. The van der Waals surface area contributed by atoms with Gasteiger partial charge in [0.1, 0.15) is 6.04 Å². The molecule has 2 fully saturated rings. The summed E-state index contributed by atoms with van der Waals surface area (Å²) in [5.74, 6) is -1.15. The van der Waals surface area contributed by atoms with Gasteiger partial charge >= 0.3 is 0 Å². The van der Waals surface area contributed by atoms with E-state index in [9.17, 15) is 24.0 Å². The minimum atomic E-state index is -0.975. The Balaban J connectivity index is 0.905. The van der Waals surface area contributed by atoms with Gasteiger partial charge in [-0.2, -0.15) is 0 Å². The van der Waals surface area contributed by atoms with Gasteiger partial charge in [0, 0.05) is 76.0 Å². The van der Waals surface area contributed by atoms with Crippen molar-refractivity contribution in [2.24, 2.45) is 0 Å². The summed E-state index contributed by atoms with van der Waals surface area (Å²) in [5.41, 5.74) is 7.37. The number of nitrogens with zero attached hydrogens (tertiary/aromatic N) is 2. The lowest BCUT2D eigenvalue weighted by Crippen LogP contribution is -2.54. The van der Waals surface area contributed by atoms with Crippen molar-refractivity contribution in [3.05, 3.63) is 93.7 Å². The molecule has 4 heterocycles. The maximum Gasteiger partial charge on any atom is 0.263 e. The molecule has 4 aliphatic rings. The van der Waals surface area contributed by atoms with Gasteiger partial charge in [0.05, 0.1) is 16.7 Å². The molecule has 1 aliphatic carbocycles. The topological polar surface area (TPSA) is 132 Å². The number of aromatic nitrogens is 1. The number of aryl methyl sites for hydroxylation is 1. The van der Waals surface area contributed by atoms with Gasteiger partial charge in [-0.1, -0.05) is 45.0 Å². The number of aromatic amines is 1. The van der Waals surface area contributed by atoms with Gasteiger partial charge in [-0.3, -0.25) is 34.2 Å². The summed E-state index contributed by atoms with van der Waals surface area (Å²) >= 11 is 1.52. The monoisotopic (exact) mass is 703 g/mol. The van der Waals surface area contributed by atoms with Crippen molar-refractivity contribution in [3.63, 3.8) is 0 Å². The van der Waals surface area contributed by atoms with Gasteiger partial charge in [0.25, 0.3) is 11.8 Å². The normalized spacial score (nSPS) is 20.1. The predicted octanol–water partition coefficient (Wildman–Crippen LogP) is 5.35. The Bertz CT molecular complexity index is 2150. The van der Waals surface area contributed by atoms with Gasteiger partial charge in [0.15, 0.2) is 5.78 Å². The number of hydrogen-bond donors (Lipinski definition) is 3. The zero-order valence-corrected chi connectivity index (χ0v) is 29.9. The van der Waals surface area contributed by atoms with E-state index < -0.39 is 29.7 Å². The zero-order chi connectivity index (χ0) is 35.6. The van der Waals surface area contributed by atoms with Gasteiger partial charge in [-0.05, 0) is 67.1 Å². The number of carbonyl (C=O) groups excluding carboxylic acids is 5. The number of para-hydroxylation sites is 1. The van der Waals surface area contributed by atoms with Crippen LogP contribution in [0.2, 0.25) is 0 Å². The third-order valence-corrected chi connectivity index (χ3v) is 12.2. The number of fused-ring (bicyclic) bond motifs is 5. The van der Waals surface area contributed by atoms with E-state index in [4.69, 9.17) is 0 Å². The molecular weight excluding hydrogens is 663 g/mol. The Kier molecular flexibility index (Phi) is 8.38. The molecule has 0 radical (unpaired) electrons. The maximum atomic E-state index is 14.0. The minimum absolute atomic E-state index is 0.0921. The van der Waals surface area contributed by atoms with Crippen molar-refractivity contribution >= 4 is 57.8 Å². The molecule has 2 saturated heterocycles. The number of amides is 4. The van der Waals surface area contributed by atoms with E-state index in [1.165, 1.54) is 23.0 Å². The molecule has 1 unspecified atom stereocenters. The fraction of sp³-hybridized carbons (Fsp3) is 0.375. The van der Waals surface area contributed by atoms with E-state index in [-0.39, 0.29) is 24.0 Å². The molecular formula is C40H41N5O5S. The fourth-order valence-corrected chi connectivity index (χ4v) is 9.34. The van der Waals surface area contributed by atoms with Crippen molar-refractivity contribution in [1.29, 1.82) is 0 Å². The molecule has 0 bridgehead atoms. The number of piperidine rings is 2. The van der Waals surface area contributed by atoms with Crippen LogP contribution in [0.3, 0.4) is 0 Å². The van der Waals surface area contributed by atoms with Gasteiger partial charge in [-0.15, -0.1) is 11.8 Å². The first-order valence-corrected chi connectivity index (χ1v) is 18.9. The highest BCUT2D eigenvalue weighted by atomic mass is 32.2. The quantitative estimate of drug-likeness (QED) is 0.127. The van der Waals surface area contributed by atoms with Crippen LogP contribution in [-0.4, -0.2) is 76.8 Å². The predicted molar refractivity (Wildman–Crippen MR) is 197 cm³/mol. The summed E-state index contributed by atoms with van der Waals surface area (Å²) in [4.78, 5) is 72.5. The Morgan fingerprint density at radius 1 is 0.902 bits per heavy atom. The number of rotatable bonds is 8. The largest absolute Gasteiger partial charge is 0.371 e. The number of thioether (sulfide) groups is 1. The molecule has 4 amide bonds. The summed E-state index contributed by atoms with van der Waals surface area (Å²) in [6, 6.07) is 17.1. The number of anilines is 1. The minimum Gasteiger partial charge on any atom is -0.371 e. The number of imide groups is 2. The van der Waals surface area contributed by atoms with Crippen LogP contribution in [-0.2, 0) is 21.4 Å². The molecule has 0 spiro atoms. The van der Waals surface area contributed by atoms with E-state index in [1.807, 2.05) is 30.3 Å². The second kappa shape index (κ2) is 12.8. The number of H-pyrrole nitrogens is 1. The standard InChI is InChI=1S/C40H41N5O5S/c1-4-22-20-26-27(40(2,3)36-34(35(26)47)24-8-5-6-10-28(24)42-36)21-30(22)44-17-14-23(15-18-44)41-16-19-51-31-11-7-9-25-33(31)39(50)45(38(25)49)29-12-13-32(46)43-37(29)48/h5-11,20-21,23,29,41-42H,4,12-19H2,1-3H3,(H,43,46,48). The lowest BCUT2D eigenvalue weighted by molar-refractivity contribution is -0.136. The molecule has 4 aromatic rings. The summed E-state index contributed by atoms with van der Waals surface area (Å²) in [5, 5.41) is 6.93. The Morgan fingerprint density at radius 2 is 1.69 bits per heavy atom. The Morgan fingerprint density at radius 3 is 2.45 bits per heavy atom. The molecule has 1 aromatic heterocycles. The number of benzene rings is 3. The smallest absolute Gasteiger partial charge is 0.263 e.